The molecule has 4 rings (SSSR count). The van der Waals surface area contributed by atoms with Crippen molar-refractivity contribution >= 4 is 18.1 Å². The Morgan fingerprint density at radius 1 is 1.17 bits per heavy atom. The fourth-order valence-corrected chi connectivity index (χ4v) is 4.68. The van der Waals surface area contributed by atoms with Gasteiger partial charge in [0, 0.05) is 44.5 Å². The summed E-state index contributed by atoms with van der Waals surface area (Å²) in [5, 5.41) is 3.53. The molecule has 1 unspecified atom stereocenters. The molecule has 3 nitrogen and oxygen atoms in total. The Balaban J connectivity index is 0.00000156. The largest absolute Gasteiger partial charge is 0.368 e. The topological polar surface area (TPSA) is 18.5 Å². The van der Waals surface area contributed by atoms with E-state index in [9.17, 15) is 0 Å². The van der Waals surface area contributed by atoms with Gasteiger partial charge in [-0.05, 0) is 49.3 Å². The Labute approximate surface area is 146 Å². The molecule has 3 heterocycles. The zero-order valence-electron chi connectivity index (χ0n) is 14.3. The van der Waals surface area contributed by atoms with Gasteiger partial charge >= 0.3 is 0 Å². The second-order valence-electron chi connectivity index (χ2n) is 7.82. The second kappa shape index (κ2) is 7.00. The molecule has 0 bridgehead atoms. The first kappa shape index (κ1) is 17.1. The SMILES string of the molecule is CC1(CN2CCC(N3CCc4ccccc43)CC2)CCNC1.Cl. The van der Waals surface area contributed by atoms with Gasteiger partial charge in [0.1, 0.15) is 0 Å². The van der Waals surface area contributed by atoms with E-state index in [1.165, 1.54) is 70.6 Å². The molecule has 1 aromatic rings. The maximum atomic E-state index is 3.53. The quantitative estimate of drug-likeness (QED) is 0.916. The minimum Gasteiger partial charge on any atom is -0.368 e. The lowest BCUT2D eigenvalue weighted by Gasteiger charge is -2.40. The van der Waals surface area contributed by atoms with E-state index in [1.54, 1.807) is 5.56 Å². The molecule has 0 spiro atoms. The van der Waals surface area contributed by atoms with Crippen LogP contribution in [0, 0.1) is 5.41 Å². The second-order valence-corrected chi connectivity index (χ2v) is 7.82. The van der Waals surface area contributed by atoms with Gasteiger partial charge in [0.25, 0.3) is 0 Å². The van der Waals surface area contributed by atoms with Gasteiger partial charge in [-0.3, -0.25) is 0 Å². The first-order valence-electron chi connectivity index (χ1n) is 9.01. The van der Waals surface area contributed by atoms with Gasteiger partial charge in [-0.25, -0.2) is 0 Å². The van der Waals surface area contributed by atoms with Crippen LogP contribution in [0.2, 0.25) is 0 Å². The molecule has 128 valence electrons. The van der Waals surface area contributed by atoms with Crippen molar-refractivity contribution in [1.29, 1.82) is 0 Å². The maximum absolute atomic E-state index is 3.53. The summed E-state index contributed by atoms with van der Waals surface area (Å²) in [6, 6.07) is 9.76. The first-order valence-corrected chi connectivity index (χ1v) is 9.01. The molecule has 23 heavy (non-hydrogen) atoms. The van der Waals surface area contributed by atoms with Crippen molar-refractivity contribution in [3.63, 3.8) is 0 Å². The van der Waals surface area contributed by atoms with Crippen LogP contribution in [0.15, 0.2) is 24.3 Å². The van der Waals surface area contributed by atoms with Crippen LogP contribution in [0.3, 0.4) is 0 Å². The van der Waals surface area contributed by atoms with Gasteiger partial charge in [0.15, 0.2) is 0 Å². The van der Waals surface area contributed by atoms with Crippen LogP contribution in [0.1, 0.15) is 31.7 Å². The average molecular weight is 336 g/mol. The van der Waals surface area contributed by atoms with Gasteiger partial charge in [0.05, 0.1) is 0 Å². The number of halogens is 1. The van der Waals surface area contributed by atoms with Crippen molar-refractivity contribution < 1.29 is 0 Å². The molecule has 2 saturated heterocycles. The summed E-state index contributed by atoms with van der Waals surface area (Å²) >= 11 is 0. The third kappa shape index (κ3) is 3.52. The van der Waals surface area contributed by atoms with E-state index < -0.39 is 0 Å². The molecular weight excluding hydrogens is 306 g/mol. The van der Waals surface area contributed by atoms with Gasteiger partial charge < -0.3 is 15.1 Å². The summed E-state index contributed by atoms with van der Waals surface area (Å²) in [7, 11) is 0. The van der Waals surface area contributed by atoms with E-state index in [-0.39, 0.29) is 12.4 Å². The average Bonchev–Trinajstić information content (AvgIpc) is 3.15. The number of hydrogen-bond donors (Lipinski definition) is 1. The Hall–Kier alpha value is -0.770. The van der Waals surface area contributed by atoms with Crippen LogP contribution in [0.25, 0.3) is 0 Å². The van der Waals surface area contributed by atoms with Crippen molar-refractivity contribution in [3.05, 3.63) is 29.8 Å². The van der Waals surface area contributed by atoms with Crippen LogP contribution in [-0.4, -0.2) is 50.2 Å². The number of nitrogens with zero attached hydrogens (tertiary/aromatic N) is 2. The molecule has 4 heteroatoms. The van der Waals surface area contributed by atoms with E-state index in [0.717, 1.165) is 6.04 Å². The highest BCUT2D eigenvalue weighted by molar-refractivity contribution is 5.85. The molecule has 3 aliphatic rings. The van der Waals surface area contributed by atoms with Gasteiger partial charge in [-0.15, -0.1) is 12.4 Å². The third-order valence-corrected chi connectivity index (χ3v) is 5.98. The summed E-state index contributed by atoms with van der Waals surface area (Å²) in [5.41, 5.74) is 3.56. The van der Waals surface area contributed by atoms with Crippen molar-refractivity contribution in [3.8, 4) is 0 Å². The van der Waals surface area contributed by atoms with Crippen LogP contribution in [0.4, 0.5) is 5.69 Å². The molecular formula is C19H30ClN3. The monoisotopic (exact) mass is 335 g/mol. The minimum atomic E-state index is 0. The van der Waals surface area contributed by atoms with Crippen molar-refractivity contribution in [2.45, 2.75) is 38.6 Å². The minimum absolute atomic E-state index is 0. The predicted molar refractivity (Wildman–Crippen MR) is 99.8 cm³/mol. The van der Waals surface area contributed by atoms with E-state index in [0.29, 0.717) is 5.41 Å². The predicted octanol–water partition coefficient (Wildman–Crippen LogP) is 2.93. The number of rotatable bonds is 3. The summed E-state index contributed by atoms with van der Waals surface area (Å²) in [5.74, 6) is 0. The lowest BCUT2D eigenvalue weighted by Crippen LogP contribution is -2.47. The van der Waals surface area contributed by atoms with Gasteiger partial charge in [0.2, 0.25) is 0 Å². The fourth-order valence-electron chi connectivity index (χ4n) is 4.68. The molecule has 3 aliphatic heterocycles. The standard InChI is InChI=1S/C19H29N3.ClH/c1-19(9-10-20-14-19)15-21-11-7-17(8-12-21)22-13-6-16-4-2-3-5-18(16)22;/h2-5,17,20H,6-15H2,1H3;1H. The third-order valence-electron chi connectivity index (χ3n) is 5.98. The molecule has 1 N–H and O–H groups in total. The smallest absolute Gasteiger partial charge is 0.0402 e. The van der Waals surface area contributed by atoms with E-state index in [1.807, 2.05) is 0 Å². The molecule has 0 amide bonds. The van der Waals surface area contributed by atoms with Crippen molar-refractivity contribution in [2.75, 3.05) is 44.2 Å². The Bertz CT molecular complexity index is 519. The van der Waals surface area contributed by atoms with E-state index in [2.05, 4.69) is 46.3 Å². The number of para-hydroxylation sites is 1. The highest BCUT2D eigenvalue weighted by Crippen LogP contribution is 2.33. The van der Waals surface area contributed by atoms with Crippen LogP contribution >= 0.6 is 12.4 Å². The fraction of sp³-hybridized carbons (Fsp3) is 0.684. The molecule has 0 saturated carbocycles. The highest BCUT2D eigenvalue weighted by atomic mass is 35.5. The molecule has 1 aromatic carbocycles. The lowest BCUT2D eigenvalue weighted by atomic mass is 9.88. The van der Waals surface area contributed by atoms with E-state index in [4.69, 9.17) is 0 Å². The first-order chi connectivity index (χ1) is 10.7. The molecule has 0 radical (unpaired) electrons. The molecule has 2 fully saturated rings. The number of piperidine rings is 1. The van der Waals surface area contributed by atoms with Gasteiger partial charge in [-0.1, -0.05) is 25.1 Å². The van der Waals surface area contributed by atoms with Gasteiger partial charge in [-0.2, -0.15) is 0 Å². The number of nitrogens with one attached hydrogen (secondary N) is 1. The molecule has 1 atom stereocenters. The molecule has 0 aromatic heterocycles. The maximum Gasteiger partial charge on any atom is 0.0402 e. The molecule has 0 aliphatic carbocycles. The highest BCUT2D eigenvalue weighted by Gasteiger charge is 2.34. The lowest BCUT2D eigenvalue weighted by molar-refractivity contribution is 0.143. The van der Waals surface area contributed by atoms with E-state index >= 15 is 0 Å². The van der Waals surface area contributed by atoms with Crippen molar-refractivity contribution in [1.82, 2.24) is 10.2 Å². The number of likely N-dealkylation sites (tertiary alicyclic amines) is 1. The zero-order chi connectivity index (χ0) is 15.0. The Kier molecular flexibility index (Phi) is 5.19. The number of fused-ring (bicyclic) bond motifs is 1. The summed E-state index contributed by atoms with van der Waals surface area (Å²) in [4.78, 5) is 5.40. The van der Waals surface area contributed by atoms with Crippen LogP contribution in [-0.2, 0) is 6.42 Å². The van der Waals surface area contributed by atoms with Crippen LogP contribution in [0.5, 0.6) is 0 Å². The number of anilines is 1. The summed E-state index contributed by atoms with van der Waals surface area (Å²) in [6.07, 6.45) is 5.24. The number of benzene rings is 1. The Morgan fingerprint density at radius 3 is 2.70 bits per heavy atom. The number of hydrogen-bond acceptors (Lipinski definition) is 3. The summed E-state index contributed by atoms with van der Waals surface area (Å²) < 4.78 is 0. The van der Waals surface area contributed by atoms with Crippen LogP contribution < -0.4 is 10.2 Å². The Morgan fingerprint density at radius 2 is 1.96 bits per heavy atom. The summed E-state index contributed by atoms with van der Waals surface area (Å²) in [6.45, 7) is 9.92. The normalized spacial score (nSPS) is 28.7. The zero-order valence-corrected chi connectivity index (χ0v) is 15.1. The van der Waals surface area contributed by atoms with Crippen molar-refractivity contribution in [2.24, 2.45) is 5.41 Å².